The summed E-state index contributed by atoms with van der Waals surface area (Å²) in [6.45, 7) is 5.07. The van der Waals surface area contributed by atoms with Gasteiger partial charge in [0.05, 0.1) is 6.10 Å². The van der Waals surface area contributed by atoms with Crippen molar-refractivity contribution in [3.8, 4) is 5.75 Å². The third-order valence-electron chi connectivity index (χ3n) is 3.18. The summed E-state index contributed by atoms with van der Waals surface area (Å²) in [5.41, 5.74) is 2.19. The van der Waals surface area contributed by atoms with Crippen LogP contribution in [0.1, 0.15) is 26.0 Å². The molecule has 2 rings (SSSR count). The van der Waals surface area contributed by atoms with Gasteiger partial charge >= 0.3 is 0 Å². The predicted molar refractivity (Wildman–Crippen MR) is 83.3 cm³/mol. The highest BCUT2D eigenvalue weighted by Crippen LogP contribution is 2.19. The number of pyridine rings is 1. The van der Waals surface area contributed by atoms with Crippen LogP contribution in [0.2, 0.25) is 0 Å². The first-order chi connectivity index (χ1) is 9.78. The van der Waals surface area contributed by atoms with Crippen molar-refractivity contribution >= 4 is 5.69 Å². The predicted octanol–water partition coefficient (Wildman–Crippen LogP) is 3.91. The van der Waals surface area contributed by atoms with E-state index in [2.05, 4.69) is 30.2 Å². The fraction of sp³-hybridized carbons (Fsp3) is 0.353. The van der Waals surface area contributed by atoms with E-state index in [-0.39, 0.29) is 6.10 Å². The van der Waals surface area contributed by atoms with Gasteiger partial charge in [-0.2, -0.15) is 0 Å². The summed E-state index contributed by atoms with van der Waals surface area (Å²) in [6.07, 6.45) is 4.00. The molecule has 0 amide bonds. The highest BCUT2D eigenvalue weighted by molar-refractivity contribution is 5.48. The Hall–Kier alpha value is -2.03. The highest BCUT2D eigenvalue weighted by Gasteiger charge is 2.02. The lowest BCUT2D eigenvalue weighted by Gasteiger charge is -2.14. The Morgan fingerprint density at radius 1 is 1.20 bits per heavy atom. The molecule has 20 heavy (non-hydrogen) atoms. The molecular formula is C17H22N2O. The lowest BCUT2D eigenvalue weighted by Crippen LogP contribution is -2.10. The fourth-order valence-electron chi connectivity index (χ4n) is 1.88. The second kappa shape index (κ2) is 7.53. The van der Waals surface area contributed by atoms with Crippen molar-refractivity contribution in [3.63, 3.8) is 0 Å². The Balaban J connectivity index is 1.85. The van der Waals surface area contributed by atoms with Crippen LogP contribution < -0.4 is 10.1 Å². The summed E-state index contributed by atoms with van der Waals surface area (Å²) in [6, 6.07) is 14.1. The van der Waals surface area contributed by atoms with Crippen LogP contribution in [-0.4, -0.2) is 17.6 Å². The maximum atomic E-state index is 5.82. The molecule has 0 aliphatic carbocycles. The average molecular weight is 270 g/mol. The number of anilines is 1. The van der Waals surface area contributed by atoms with Gasteiger partial charge < -0.3 is 10.1 Å². The third kappa shape index (κ3) is 4.57. The molecule has 1 unspecified atom stereocenters. The lowest BCUT2D eigenvalue weighted by atomic mass is 10.2. The van der Waals surface area contributed by atoms with Crippen LogP contribution in [0.3, 0.4) is 0 Å². The van der Waals surface area contributed by atoms with Gasteiger partial charge in [0.15, 0.2) is 0 Å². The third-order valence-corrected chi connectivity index (χ3v) is 3.18. The summed E-state index contributed by atoms with van der Waals surface area (Å²) >= 11 is 0. The largest absolute Gasteiger partial charge is 0.491 e. The molecule has 0 saturated heterocycles. The maximum absolute atomic E-state index is 5.82. The van der Waals surface area contributed by atoms with Gasteiger partial charge in [0.2, 0.25) is 0 Å². The Morgan fingerprint density at radius 2 is 2.10 bits per heavy atom. The number of hydrogen-bond acceptors (Lipinski definition) is 3. The molecule has 0 fully saturated rings. The normalized spacial score (nSPS) is 11.9. The number of benzene rings is 1. The smallest absolute Gasteiger partial charge is 0.121 e. The van der Waals surface area contributed by atoms with Crippen LogP contribution in [0, 0.1) is 0 Å². The number of nitrogens with zero attached hydrogens (tertiary/aromatic N) is 1. The Bertz CT molecular complexity index is 513. The van der Waals surface area contributed by atoms with Crippen LogP contribution >= 0.6 is 0 Å². The summed E-state index contributed by atoms with van der Waals surface area (Å²) in [5, 5.41) is 3.40. The number of aromatic nitrogens is 1. The molecule has 1 aromatic carbocycles. The molecular weight excluding hydrogens is 248 g/mol. The van der Waals surface area contributed by atoms with Gasteiger partial charge in [0.1, 0.15) is 5.75 Å². The quantitative estimate of drug-likeness (QED) is 0.828. The molecule has 0 aliphatic heterocycles. The van der Waals surface area contributed by atoms with Gasteiger partial charge in [0, 0.05) is 36.6 Å². The van der Waals surface area contributed by atoms with E-state index in [1.165, 1.54) is 0 Å². The molecule has 3 heteroatoms. The summed E-state index contributed by atoms with van der Waals surface area (Å²) in [7, 11) is 0. The number of hydrogen-bond donors (Lipinski definition) is 1. The van der Waals surface area contributed by atoms with E-state index in [4.69, 9.17) is 4.74 Å². The first kappa shape index (κ1) is 14.4. The zero-order valence-corrected chi connectivity index (χ0v) is 12.2. The molecule has 3 nitrogen and oxygen atoms in total. The van der Waals surface area contributed by atoms with Crippen molar-refractivity contribution in [1.29, 1.82) is 0 Å². The van der Waals surface area contributed by atoms with Crippen molar-refractivity contribution in [2.45, 2.75) is 32.8 Å². The van der Waals surface area contributed by atoms with Gasteiger partial charge in [0.25, 0.3) is 0 Å². The number of rotatable bonds is 7. The Labute approximate surface area is 121 Å². The molecule has 1 heterocycles. The van der Waals surface area contributed by atoms with Crippen molar-refractivity contribution in [3.05, 3.63) is 54.4 Å². The molecule has 0 aliphatic rings. The van der Waals surface area contributed by atoms with E-state index < -0.39 is 0 Å². The highest BCUT2D eigenvalue weighted by atomic mass is 16.5. The Morgan fingerprint density at radius 3 is 2.85 bits per heavy atom. The monoisotopic (exact) mass is 270 g/mol. The van der Waals surface area contributed by atoms with E-state index >= 15 is 0 Å². The van der Waals surface area contributed by atoms with Crippen LogP contribution in [0.4, 0.5) is 5.69 Å². The van der Waals surface area contributed by atoms with Gasteiger partial charge in [-0.05, 0) is 37.6 Å². The van der Waals surface area contributed by atoms with E-state index in [0.717, 1.165) is 36.5 Å². The van der Waals surface area contributed by atoms with E-state index in [0.29, 0.717) is 0 Å². The van der Waals surface area contributed by atoms with Crippen LogP contribution in [0.25, 0.3) is 0 Å². The molecule has 0 bridgehead atoms. The van der Waals surface area contributed by atoms with E-state index in [1.807, 2.05) is 42.6 Å². The minimum Gasteiger partial charge on any atom is -0.491 e. The molecule has 2 aromatic rings. The summed E-state index contributed by atoms with van der Waals surface area (Å²) in [4.78, 5) is 4.31. The lowest BCUT2D eigenvalue weighted by molar-refractivity contribution is 0.217. The van der Waals surface area contributed by atoms with Crippen molar-refractivity contribution in [2.75, 3.05) is 11.9 Å². The number of ether oxygens (including phenoxy) is 1. The Kier molecular flexibility index (Phi) is 5.42. The van der Waals surface area contributed by atoms with Crippen LogP contribution in [0.15, 0.2) is 48.7 Å². The second-order valence-corrected chi connectivity index (χ2v) is 4.86. The summed E-state index contributed by atoms with van der Waals surface area (Å²) in [5.74, 6) is 0.919. The molecule has 1 aromatic heterocycles. The molecule has 0 saturated carbocycles. The number of nitrogens with one attached hydrogen (secondary N) is 1. The van der Waals surface area contributed by atoms with Crippen molar-refractivity contribution in [2.24, 2.45) is 0 Å². The SMILES string of the molecule is CCC(C)Oc1cccc(NCCc2ccccn2)c1. The van der Waals surface area contributed by atoms with Crippen LogP contribution in [0.5, 0.6) is 5.75 Å². The first-order valence-corrected chi connectivity index (χ1v) is 7.18. The molecule has 106 valence electrons. The minimum atomic E-state index is 0.249. The van der Waals surface area contributed by atoms with Gasteiger partial charge in [-0.25, -0.2) is 0 Å². The van der Waals surface area contributed by atoms with Crippen molar-refractivity contribution in [1.82, 2.24) is 4.98 Å². The van der Waals surface area contributed by atoms with Gasteiger partial charge in [-0.3, -0.25) is 4.98 Å². The first-order valence-electron chi connectivity index (χ1n) is 7.18. The minimum absolute atomic E-state index is 0.249. The molecule has 1 atom stereocenters. The van der Waals surface area contributed by atoms with Crippen LogP contribution in [-0.2, 0) is 6.42 Å². The zero-order valence-electron chi connectivity index (χ0n) is 12.2. The van der Waals surface area contributed by atoms with E-state index in [9.17, 15) is 0 Å². The summed E-state index contributed by atoms with van der Waals surface area (Å²) < 4.78 is 5.82. The standard InChI is InChI=1S/C17H22N2O/c1-3-14(2)20-17-9-6-8-16(13-17)19-12-10-15-7-4-5-11-18-15/h4-9,11,13-14,19H,3,10,12H2,1-2H3. The average Bonchev–Trinajstić information content (AvgIpc) is 2.48. The topological polar surface area (TPSA) is 34.1 Å². The fourth-order valence-corrected chi connectivity index (χ4v) is 1.88. The molecule has 0 spiro atoms. The molecule has 0 radical (unpaired) electrons. The zero-order chi connectivity index (χ0) is 14.2. The van der Waals surface area contributed by atoms with Gasteiger partial charge in [-0.1, -0.05) is 19.1 Å². The maximum Gasteiger partial charge on any atom is 0.121 e. The van der Waals surface area contributed by atoms with Crippen molar-refractivity contribution < 1.29 is 4.74 Å². The van der Waals surface area contributed by atoms with E-state index in [1.54, 1.807) is 0 Å². The van der Waals surface area contributed by atoms with Gasteiger partial charge in [-0.15, -0.1) is 0 Å². The second-order valence-electron chi connectivity index (χ2n) is 4.86. The molecule has 1 N–H and O–H groups in total.